The molecule has 8 nitrogen and oxygen atoms in total. The Labute approximate surface area is 191 Å². The highest BCUT2D eigenvalue weighted by molar-refractivity contribution is 6.32. The van der Waals surface area contributed by atoms with Crippen LogP contribution in [0.3, 0.4) is 0 Å². The third kappa shape index (κ3) is 3.78. The SMILES string of the molecule is Cc1c(/C=C2/C(=O)NN(c3ccccc3)C2=O)c2ccccc2n1CC(=O)N1CCOCC1. The van der Waals surface area contributed by atoms with Crippen molar-refractivity contribution >= 4 is 40.4 Å². The summed E-state index contributed by atoms with van der Waals surface area (Å²) in [4.78, 5) is 40.5. The Bertz CT molecular complexity index is 1270. The maximum atomic E-state index is 13.1. The van der Waals surface area contributed by atoms with Crippen molar-refractivity contribution < 1.29 is 19.1 Å². The van der Waals surface area contributed by atoms with Gasteiger partial charge in [-0.15, -0.1) is 0 Å². The summed E-state index contributed by atoms with van der Waals surface area (Å²) in [5.74, 6) is -0.845. The average molecular weight is 444 g/mol. The number of aromatic nitrogens is 1. The van der Waals surface area contributed by atoms with Gasteiger partial charge in [0.2, 0.25) is 5.91 Å². The fraction of sp³-hybridized carbons (Fsp3) is 0.240. The number of benzene rings is 2. The van der Waals surface area contributed by atoms with Gasteiger partial charge in [-0.25, -0.2) is 5.01 Å². The van der Waals surface area contributed by atoms with Crippen LogP contribution in [0.1, 0.15) is 11.3 Å². The molecule has 3 aromatic rings. The van der Waals surface area contributed by atoms with E-state index in [-0.39, 0.29) is 18.0 Å². The third-order valence-corrected chi connectivity index (χ3v) is 6.13. The molecule has 3 amide bonds. The van der Waals surface area contributed by atoms with Crippen LogP contribution >= 0.6 is 0 Å². The number of hydrazine groups is 1. The Morgan fingerprint density at radius 1 is 1.03 bits per heavy atom. The fourth-order valence-corrected chi connectivity index (χ4v) is 4.35. The Hall–Kier alpha value is -3.91. The summed E-state index contributed by atoms with van der Waals surface area (Å²) in [5, 5.41) is 2.14. The van der Waals surface area contributed by atoms with Gasteiger partial charge in [0.05, 0.1) is 18.9 Å². The minimum atomic E-state index is -0.454. The van der Waals surface area contributed by atoms with E-state index in [4.69, 9.17) is 4.74 Å². The van der Waals surface area contributed by atoms with Crippen LogP contribution in [-0.2, 0) is 25.7 Å². The van der Waals surface area contributed by atoms with E-state index >= 15 is 0 Å². The second-order valence-electron chi connectivity index (χ2n) is 8.07. The lowest BCUT2D eigenvalue weighted by molar-refractivity contribution is -0.135. The van der Waals surface area contributed by atoms with Crippen molar-refractivity contribution in [3.05, 3.63) is 71.4 Å². The minimum absolute atomic E-state index is 0.0197. The van der Waals surface area contributed by atoms with Crippen molar-refractivity contribution in [1.82, 2.24) is 14.9 Å². The standard InChI is InChI=1S/C25H24N4O4/c1-17-20(15-21-24(31)26-29(25(21)32)18-7-3-2-4-8-18)19-9-5-6-10-22(19)28(17)16-23(30)27-11-13-33-14-12-27/h2-10,15H,11-14,16H2,1H3,(H,26,31)/b21-15-. The highest BCUT2D eigenvalue weighted by Crippen LogP contribution is 2.30. The molecule has 0 saturated carbocycles. The lowest BCUT2D eigenvalue weighted by atomic mass is 10.1. The van der Waals surface area contributed by atoms with Gasteiger partial charge in [-0.05, 0) is 31.2 Å². The first-order valence-electron chi connectivity index (χ1n) is 10.9. The zero-order chi connectivity index (χ0) is 22.9. The normalized spacial score (nSPS) is 17.8. The van der Waals surface area contributed by atoms with Gasteiger partial charge in [0.25, 0.3) is 11.8 Å². The first kappa shape index (κ1) is 21.0. The van der Waals surface area contributed by atoms with Crippen molar-refractivity contribution in [2.45, 2.75) is 13.5 Å². The van der Waals surface area contributed by atoms with Crippen molar-refractivity contribution in [2.75, 3.05) is 31.3 Å². The van der Waals surface area contributed by atoms with E-state index in [0.29, 0.717) is 32.0 Å². The summed E-state index contributed by atoms with van der Waals surface area (Å²) in [7, 11) is 0. The summed E-state index contributed by atoms with van der Waals surface area (Å²) >= 11 is 0. The Kier molecular flexibility index (Phi) is 5.43. The molecule has 0 atom stereocenters. The van der Waals surface area contributed by atoms with Crippen LogP contribution in [0.4, 0.5) is 5.69 Å². The molecule has 8 heteroatoms. The van der Waals surface area contributed by atoms with E-state index in [9.17, 15) is 14.4 Å². The number of ether oxygens (including phenoxy) is 1. The number of anilines is 1. The molecule has 1 aromatic heterocycles. The first-order valence-corrected chi connectivity index (χ1v) is 10.9. The Morgan fingerprint density at radius 2 is 1.73 bits per heavy atom. The number of morpholine rings is 1. The predicted octanol–water partition coefficient (Wildman–Crippen LogP) is 2.27. The number of rotatable bonds is 4. The van der Waals surface area contributed by atoms with Crippen LogP contribution < -0.4 is 10.4 Å². The highest BCUT2D eigenvalue weighted by atomic mass is 16.5. The third-order valence-electron chi connectivity index (χ3n) is 6.13. The molecule has 2 aromatic carbocycles. The van der Waals surface area contributed by atoms with Gasteiger partial charge in [0, 0.05) is 35.2 Å². The average Bonchev–Trinajstić information content (AvgIpc) is 3.28. The molecule has 5 rings (SSSR count). The number of fused-ring (bicyclic) bond motifs is 1. The molecular weight excluding hydrogens is 420 g/mol. The van der Waals surface area contributed by atoms with E-state index in [2.05, 4.69) is 5.43 Å². The van der Waals surface area contributed by atoms with Crippen LogP contribution in [0.25, 0.3) is 17.0 Å². The zero-order valence-corrected chi connectivity index (χ0v) is 18.3. The number of carbonyl (C=O) groups is 3. The lowest BCUT2D eigenvalue weighted by Gasteiger charge is -2.27. The molecular formula is C25H24N4O4. The van der Waals surface area contributed by atoms with E-state index in [0.717, 1.165) is 22.2 Å². The van der Waals surface area contributed by atoms with Gasteiger partial charge in [-0.1, -0.05) is 36.4 Å². The summed E-state index contributed by atoms with van der Waals surface area (Å²) in [5.41, 5.74) is 5.75. The van der Waals surface area contributed by atoms with Crippen LogP contribution in [-0.4, -0.2) is 53.5 Å². The molecule has 0 bridgehead atoms. The number of carbonyl (C=O) groups excluding carboxylic acids is 3. The van der Waals surface area contributed by atoms with Crippen LogP contribution in [0.5, 0.6) is 0 Å². The number of para-hydroxylation sites is 2. The molecule has 2 fully saturated rings. The summed E-state index contributed by atoms with van der Waals surface area (Å²) in [6.07, 6.45) is 1.63. The highest BCUT2D eigenvalue weighted by Gasteiger charge is 2.35. The molecule has 0 aliphatic carbocycles. The minimum Gasteiger partial charge on any atom is -0.378 e. The summed E-state index contributed by atoms with van der Waals surface area (Å²) in [6.45, 7) is 4.35. The zero-order valence-electron chi connectivity index (χ0n) is 18.3. The van der Waals surface area contributed by atoms with Crippen LogP contribution in [0, 0.1) is 6.92 Å². The molecule has 168 valence electrons. The molecule has 2 aliphatic rings. The van der Waals surface area contributed by atoms with Gasteiger partial charge in [-0.3, -0.25) is 19.8 Å². The van der Waals surface area contributed by atoms with Crippen molar-refractivity contribution in [1.29, 1.82) is 0 Å². The van der Waals surface area contributed by atoms with Crippen LogP contribution in [0.2, 0.25) is 0 Å². The number of amides is 3. The topological polar surface area (TPSA) is 83.9 Å². The largest absolute Gasteiger partial charge is 0.378 e. The molecule has 0 unspecified atom stereocenters. The predicted molar refractivity (Wildman–Crippen MR) is 124 cm³/mol. The number of nitrogens with one attached hydrogen (secondary N) is 1. The Balaban J connectivity index is 1.52. The van der Waals surface area contributed by atoms with E-state index < -0.39 is 11.8 Å². The molecule has 3 heterocycles. The molecule has 2 aliphatic heterocycles. The number of hydrogen-bond acceptors (Lipinski definition) is 4. The monoisotopic (exact) mass is 444 g/mol. The molecule has 2 saturated heterocycles. The smallest absolute Gasteiger partial charge is 0.282 e. The quantitative estimate of drug-likeness (QED) is 0.494. The number of hydrogen-bond donors (Lipinski definition) is 1. The van der Waals surface area contributed by atoms with Gasteiger partial charge < -0.3 is 14.2 Å². The van der Waals surface area contributed by atoms with E-state index in [1.54, 1.807) is 30.3 Å². The second kappa shape index (κ2) is 8.55. The van der Waals surface area contributed by atoms with Crippen molar-refractivity contribution in [3.63, 3.8) is 0 Å². The molecule has 1 N–H and O–H groups in total. The van der Waals surface area contributed by atoms with Crippen molar-refractivity contribution in [3.8, 4) is 0 Å². The summed E-state index contributed by atoms with van der Waals surface area (Å²) in [6, 6.07) is 16.7. The number of nitrogens with zero attached hydrogens (tertiary/aromatic N) is 3. The van der Waals surface area contributed by atoms with Gasteiger partial charge in [0.1, 0.15) is 12.1 Å². The van der Waals surface area contributed by atoms with Crippen molar-refractivity contribution in [2.24, 2.45) is 0 Å². The van der Waals surface area contributed by atoms with Gasteiger partial charge >= 0.3 is 0 Å². The van der Waals surface area contributed by atoms with E-state index in [1.807, 2.05) is 46.7 Å². The fourth-order valence-electron chi connectivity index (χ4n) is 4.35. The second-order valence-corrected chi connectivity index (χ2v) is 8.07. The van der Waals surface area contributed by atoms with Gasteiger partial charge in [0.15, 0.2) is 0 Å². The molecule has 0 radical (unpaired) electrons. The van der Waals surface area contributed by atoms with E-state index in [1.165, 1.54) is 5.01 Å². The molecule has 0 spiro atoms. The lowest BCUT2D eigenvalue weighted by Crippen LogP contribution is -2.42. The maximum absolute atomic E-state index is 13.1. The molecule has 33 heavy (non-hydrogen) atoms. The van der Waals surface area contributed by atoms with Gasteiger partial charge in [-0.2, -0.15) is 0 Å². The first-order chi connectivity index (χ1) is 16.0. The maximum Gasteiger partial charge on any atom is 0.282 e. The summed E-state index contributed by atoms with van der Waals surface area (Å²) < 4.78 is 7.30. The Morgan fingerprint density at radius 3 is 2.48 bits per heavy atom. The van der Waals surface area contributed by atoms with Crippen LogP contribution in [0.15, 0.2) is 60.2 Å².